The van der Waals surface area contributed by atoms with Crippen LogP contribution in [0.15, 0.2) is 23.4 Å². The number of sulfone groups is 1. The molecule has 0 aromatic carbocycles. The maximum absolute atomic E-state index is 12.1. The summed E-state index contributed by atoms with van der Waals surface area (Å²) < 4.78 is 22.6. The molecule has 2 N–H and O–H groups in total. The van der Waals surface area contributed by atoms with Gasteiger partial charge in [-0.3, -0.25) is 4.79 Å². The summed E-state index contributed by atoms with van der Waals surface area (Å²) in [6.07, 6.45) is 4.34. The van der Waals surface area contributed by atoms with Gasteiger partial charge in [-0.2, -0.15) is 0 Å². The molecule has 2 unspecified atom stereocenters. The van der Waals surface area contributed by atoms with Crippen molar-refractivity contribution < 1.29 is 13.2 Å². The molecule has 0 saturated carbocycles. The molecule has 2 heterocycles. The first-order chi connectivity index (χ1) is 9.36. The Bertz CT molecular complexity index is 583. The van der Waals surface area contributed by atoms with Crippen LogP contribution in [0.1, 0.15) is 19.8 Å². The molecule has 1 fully saturated rings. The summed E-state index contributed by atoms with van der Waals surface area (Å²) in [7, 11) is -3.31. The fourth-order valence-corrected chi connectivity index (χ4v) is 2.77. The van der Waals surface area contributed by atoms with Crippen molar-refractivity contribution >= 4 is 21.4 Å². The number of amides is 1. The highest BCUT2D eigenvalue weighted by Crippen LogP contribution is 2.17. The SMILES string of the molecule is CC1CCNC(C(=O)Nc2ccc(S(C)(=O)=O)nc2)C1. The second kappa shape index (κ2) is 5.88. The number of pyridine rings is 1. The summed E-state index contributed by atoms with van der Waals surface area (Å²) >= 11 is 0. The summed E-state index contributed by atoms with van der Waals surface area (Å²) in [4.78, 5) is 15.9. The van der Waals surface area contributed by atoms with E-state index in [-0.39, 0.29) is 17.0 Å². The molecule has 110 valence electrons. The standard InChI is InChI=1S/C13H19N3O3S/c1-9-5-6-14-11(7-9)13(17)16-10-3-4-12(15-8-10)20(2,18)19/h3-4,8-9,11,14H,5-7H2,1-2H3,(H,16,17). The highest BCUT2D eigenvalue weighted by atomic mass is 32.2. The van der Waals surface area contributed by atoms with Gasteiger partial charge in [0.2, 0.25) is 5.91 Å². The van der Waals surface area contributed by atoms with Crippen LogP contribution >= 0.6 is 0 Å². The third-order valence-electron chi connectivity index (χ3n) is 3.37. The normalized spacial score (nSPS) is 23.3. The average Bonchev–Trinajstić information content (AvgIpc) is 2.38. The van der Waals surface area contributed by atoms with Gasteiger partial charge in [0.1, 0.15) is 0 Å². The predicted octanol–water partition coefficient (Wildman–Crippen LogP) is 0.812. The summed E-state index contributed by atoms with van der Waals surface area (Å²) in [5.74, 6) is 0.420. The average molecular weight is 297 g/mol. The Hall–Kier alpha value is -1.47. The van der Waals surface area contributed by atoms with Crippen molar-refractivity contribution in [1.29, 1.82) is 0 Å². The van der Waals surface area contributed by atoms with Crippen LogP contribution < -0.4 is 10.6 Å². The molecular formula is C13H19N3O3S. The quantitative estimate of drug-likeness (QED) is 0.862. The molecule has 0 aliphatic carbocycles. The van der Waals surface area contributed by atoms with Crippen molar-refractivity contribution in [3.8, 4) is 0 Å². The Morgan fingerprint density at radius 2 is 2.20 bits per heavy atom. The molecule has 1 aliphatic heterocycles. The number of carbonyl (C=O) groups is 1. The fraction of sp³-hybridized carbons (Fsp3) is 0.538. The number of aromatic nitrogens is 1. The number of piperidine rings is 1. The van der Waals surface area contributed by atoms with Crippen LogP contribution in [0.25, 0.3) is 0 Å². The first-order valence-electron chi connectivity index (χ1n) is 6.56. The first-order valence-corrected chi connectivity index (χ1v) is 8.46. The summed E-state index contributed by atoms with van der Waals surface area (Å²) in [6, 6.07) is 2.74. The number of anilines is 1. The van der Waals surface area contributed by atoms with Crippen molar-refractivity contribution in [2.75, 3.05) is 18.1 Å². The number of hydrogen-bond donors (Lipinski definition) is 2. The van der Waals surface area contributed by atoms with Gasteiger partial charge in [-0.25, -0.2) is 13.4 Å². The molecule has 6 nitrogen and oxygen atoms in total. The Balaban J connectivity index is 2.01. The van der Waals surface area contributed by atoms with Gasteiger partial charge in [0.25, 0.3) is 0 Å². The molecule has 2 rings (SSSR count). The molecule has 1 amide bonds. The van der Waals surface area contributed by atoms with Crippen LogP contribution in [0.2, 0.25) is 0 Å². The predicted molar refractivity (Wildman–Crippen MR) is 76.2 cm³/mol. The van der Waals surface area contributed by atoms with Crippen LogP contribution in [0.3, 0.4) is 0 Å². The van der Waals surface area contributed by atoms with Gasteiger partial charge < -0.3 is 10.6 Å². The molecule has 1 aliphatic rings. The Kier molecular flexibility index (Phi) is 4.39. The second-order valence-electron chi connectivity index (χ2n) is 5.28. The maximum atomic E-state index is 12.1. The van der Waals surface area contributed by atoms with Gasteiger partial charge in [0.05, 0.1) is 17.9 Å². The van der Waals surface area contributed by atoms with Crippen molar-refractivity contribution in [3.05, 3.63) is 18.3 Å². The first kappa shape index (κ1) is 14.9. The highest BCUT2D eigenvalue weighted by Gasteiger charge is 2.24. The zero-order valence-corrected chi connectivity index (χ0v) is 12.4. The molecule has 0 bridgehead atoms. The zero-order valence-electron chi connectivity index (χ0n) is 11.6. The number of nitrogens with one attached hydrogen (secondary N) is 2. The maximum Gasteiger partial charge on any atom is 0.241 e. The molecular weight excluding hydrogens is 278 g/mol. The number of carbonyl (C=O) groups excluding carboxylic acids is 1. The fourth-order valence-electron chi connectivity index (χ4n) is 2.21. The number of rotatable bonds is 3. The van der Waals surface area contributed by atoms with Crippen LogP contribution in [0, 0.1) is 5.92 Å². The lowest BCUT2D eigenvalue weighted by atomic mass is 9.94. The van der Waals surface area contributed by atoms with E-state index in [2.05, 4.69) is 22.5 Å². The van der Waals surface area contributed by atoms with E-state index in [9.17, 15) is 13.2 Å². The van der Waals surface area contributed by atoms with Gasteiger partial charge in [0, 0.05) is 6.26 Å². The van der Waals surface area contributed by atoms with E-state index in [0.717, 1.165) is 25.6 Å². The molecule has 1 saturated heterocycles. The Morgan fingerprint density at radius 1 is 1.45 bits per heavy atom. The molecule has 20 heavy (non-hydrogen) atoms. The lowest BCUT2D eigenvalue weighted by Gasteiger charge is -2.27. The van der Waals surface area contributed by atoms with Crippen LogP contribution in [0.4, 0.5) is 5.69 Å². The molecule has 0 spiro atoms. The van der Waals surface area contributed by atoms with Crippen molar-refractivity contribution in [2.24, 2.45) is 5.92 Å². The van der Waals surface area contributed by atoms with E-state index in [1.165, 1.54) is 12.3 Å². The van der Waals surface area contributed by atoms with Gasteiger partial charge >= 0.3 is 0 Å². The van der Waals surface area contributed by atoms with Crippen LogP contribution in [-0.4, -0.2) is 38.2 Å². The lowest BCUT2D eigenvalue weighted by molar-refractivity contribution is -0.119. The van der Waals surface area contributed by atoms with E-state index in [1.807, 2.05) is 0 Å². The number of nitrogens with zero attached hydrogens (tertiary/aromatic N) is 1. The van der Waals surface area contributed by atoms with Crippen molar-refractivity contribution in [2.45, 2.75) is 30.8 Å². The summed E-state index contributed by atoms with van der Waals surface area (Å²) in [5, 5.41) is 5.93. The van der Waals surface area contributed by atoms with Crippen molar-refractivity contribution in [1.82, 2.24) is 10.3 Å². The van der Waals surface area contributed by atoms with Crippen molar-refractivity contribution in [3.63, 3.8) is 0 Å². The van der Waals surface area contributed by atoms with Gasteiger partial charge in [-0.1, -0.05) is 6.92 Å². The largest absolute Gasteiger partial charge is 0.323 e. The molecule has 1 aromatic rings. The second-order valence-corrected chi connectivity index (χ2v) is 7.25. The summed E-state index contributed by atoms with van der Waals surface area (Å²) in [6.45, 7) is 2.97. The third kappa shape index (κ3) is 3.77. The molecule has 2 atom stereocenters. The molecule has 7 heteroatoms. The smallest absolute Gasteiger partial charge is 0.241 e. The summed E-state index contributed by atoms with van der Waals surface area (Å²) in [5.41, 5.74) is 0.502. The lowest BCUT2D eigenvalue weighted by Crippen LogP contribution is -2.45. The highest BCUT2D eigenvalue weighted by molar-refractivity contribution is 7.90. The van der Waals surface area contributed by atoms with E-state index in [4.69, 9.17) is 0 Å². The topological polar surface area (TPSA) is 88.2 Å². The number of hydrogen-bond acceptors (Lipinski definition) is 5. The van der Waals surface area contributed by atoms with Crippen LogP contribution in [0.5, 0.6) is 0 Å². The van der Waals surface area contributed by atoms with Gasteiger partial charge in [0.15, 0.2) is 14.9 Å². The van der Waals surface area contributed by atoms with E-state index < -0.39 is 9.84 Å². The Morgan fingerprint density at radius 3 is 2.75 bits per heavy atom. The van der Waals surface area contributed by atoms with E-state index in [0.29, 0.717) is 11.6 Å². The Labute approximate surface area is 118 Å². The minimum absolute atomic E-state index is 0.0000809. The monoisotopic (exact) mass is 297 g/mol. The molecule has 0 radical (unpaired) electrons. The minimum atomic E-state index is -3.31. The van der Waals surface area contributed by atoms with Crippen LogP contribution in [-0.2, 0) is 14.6 Å². The van der Waals surface area contributed by atoms with Gasteiger partial charge in [-0.15, -0.1) is 0 Å². The minimum Gasteiger partial charge on any atom is -0.323 e. The third-order valence-corrected chi connectivity index (χ3v) is 4.37. The molecule has 1 aromatic heterocycles. The van der Waals surface area contributed by atoms with Gasteiger partial charge in [-0.05, 0) is 37.4 Å². The van der Waals surface area contributed by atoms with E-state index >= 15 is 0 Å². The van der Waals surface area contributed by atoms with E-state index in [1.54, 1.807) is 6.07 Å². The zero-order chi connectivity index (χ0) is 14.8.